The van der Waals surface area contributed by atoms with Crippen molar-refractivity contribution < 1.29 is 4.79 Å². The second kappa shape index (κ2) is 6.69. The Labute approximate surface area is 147 Å². The number of carbonyl (C=O) groups is 1. The molecule has 3 nitrogen and oxygen atoms in total. The molecule has 2 aliphatic rings. The zero-order chi connectivity index (χ0) is 16.5. The number of amides is 1. The van der Waals surface area contributed by atoms with E-state index in [1.165, 1.54) is 24.1 Å². The Kier molecular flexibility index (Phi) is 4.42. The van der Waals surface area contributed by atoms with E-state index in [2.05, 4.69) is 22.8 Å². The average molecular weight is 340 g/mol. The summed E-state index contributed by atoms with van der Waals surface area (Å²) in [5.74, 6) is 1.33. The maximum atomic E-state index is 12.9. The molecule has 0 spiro atoms. The third kappa shape index (κ3) is 3.01. The molecular formula is C20H24N2OS. The van der Waals surface area contributed by atoms with Crippen LogP contribution in [-0.2, 0) is 4.79 Å². The molecule has 4 rings (SSSR count). The smallest absolute Gasteiger partial charge is 0.227 e. The van der Waals surface area contributed by atoms with Gasteiger partial charge in [0.2, 0.25) is 5.91 Å². The minimum absolute atomic E-state index is 0.108. The van der Waals surface area contributed by atoms with E-state index < -0.39 is 0 Å². The van der Waals surface area contributed by atoms with Crippen LogP contribution >= 0.6 is 11.3 Å². The number of benzene rings is 1. The number of nitrogens with two attached hydrogens (primary N) is 1. The van der Waals surface area contributed by atoms with Crippen molar-refractivity contribution in [3.05, 3.63) is 41.8 Å². The number of fused-ring (bicyclic) bond motifs is 2. The molecule has 2 fully saturated rings. The van der Waals surface area contributed by atoms with E-state index >= 15 is 0 Å². The van der Waals surface area contributed by atoms with Crippen molar-refractivity contribution in [1.29, 1.82) is 0 Å². The Morgan fingerprint density at radius 2 is 1.83 bits per heavy atom. The third-order valence-corrected chi connectivity index (χ3v) is 6.66. The molecule has 4 heteroatoms. The van der Waals surface area contributed by atoms with Gasteiger partial charge in [0, 0.05) is 28.1 Å². The SMILES string of the molecule is NC1C2CCCC1CC(C(=O)Nc1ccccc1-c1cccs1)C2. The molecule has 2 atom stereocenters. The Morgan fingerprint density at radius 3 is 2.54 bits per heavy atom. The maximum absolute atomic E-state index is 12.9. The van der Waals surface area contributed by atoms with Gasteiger partial charge in [0.15, 0.2) is 0 Å². The lowest BCUT2D eigenvalue weighted by atomic mass is 9.65. The van der Waals surface area contributed by atoms with Gasteiger partial charge in [-0.15, -0.1) is 11.3 Å². The molecule has 1 amide bonds. The van der Waals surface area contributed by atoms with Crippen LogP contribution in [0.3, 0.4) is 0 Å². The minimum atomic E-state index is 0.108. The minimum Gasteiger partial charge on any atom is -0.327 e. The van der Waals surface area contributed by atoms with Crippen LogP contribution in [0.25, 0.3) is 10.4 Å². The lowest BCUT2D eigenvalue weighted by Crippen LogP contribution is -2.48. The first kappa shape index (κ1) is 15.9. The van der Waals surface area contributed by atoms with Crippen LogP contribution in [-0.4, -0.2) is 11.9 Å². The van der Waals surface area contributed by atoms with Gasteiger partial charge in [0.25, 0.3) is 0 Å². The van der Waals surface area contributed by atoms with E-state index in [1.807, 2.05) is 24.3 Å². The highest BCUT2D eigenvalue weighted by molar-refractivity contribution is 7.13. The molecule has 2 unspecified atom stereocenters. The van der Waals surface area contributed by atoms with E-state index in [1.54, 1.807) is 11.3 Å². The van der Waals surface area contributed by atoms with E-state index in [0.29, 0.717) is 17.9 Å². The Bertz CT molecular complexity index is 698. The first-order chi connectivity index (χ1) is 11.7. The van der Waals surface area contributed by atoms with E-state index in [-0.39, 0.29) is 11.8 Å². The molecule has 2 bridgehead atoms. The van der Waals surface area contributed by atoms with Crippen molar-refractivity contribution in [1.82, 2.24) is 0 Å². The summed E-state index contributed by atoms with van der Waals surface area (Å²) in [7, 11) is 0. The molecule has 0 saturated heterocycles. The quantitative estimate of drug-likeness (QED) is 0.864. The van der Waals surface area contributed by atoms with Crippen molar-refractivity contribution in [3.8, 4) is 10.4 Å². The number of nitrogens with one attached hydrogen (secondary N) is 1. The van der Waals surface area contributed by atoms with E-state index in [0.717, 1.165) is 24.1 Å². The fourth-order valence-electron chi connectivity index (χ4n) is 4.48. The van der Waals surface area contributed by atoms with Crippen molar-refractivity contribution in [2.75, 3.05) is 5.32 Å². The second-order valence-electron chi connectivity index (χ2n) is 7.21. The summed E-state index contributed by atoms with van der Waals surface area (Å²) >= 11 is 1.70. The first-order valence-electron chi connectivity index (χ1n) is 8.91. The predicted molar refractivity (Wildman–Crippen MR) is 99.9 cm³/mol. The highest BCUT2D eigenvalue weighted by Crippen LogP contribution is 2.42. The van der Waals surface area contributed by atoms with Gasteiger partial charge in [-0.05, 0) is 55.0 Å². The summed E-state index contributed by atoms with van der Waals surface area (Å²) in [5.41, 5.74) is 8.38. The van der Waals surface area contributed by atoms with Gasteiger partial charge in [0.05, 0.1) is 0 Å². The van der Waals surface area contributed by atoms with Crippen LogP contribution in [0.4, 0.5) is 5.69 Å². The Morgan fingerprint density at radius 1 is 1.08 bits per heavy atom. The number of para-hydroxylation sites is 1. The molecule has 2 saturated carbocycles. The summed E-state index contributed by atoms with van der Waals surface area (Å²) in [6, 6.07) is 12.5. The molecular weight excluding hydrogens is 316 g/mol. The number of anilines is 1. The number of hydrogen-bond acceptors (Lipinski definition) is 3. The van der Waals surface area contributed by atoms with Crippen molar-refractivity contribution in [2.24, 2.45) is 23.5 Å². The number of thiophene rings is 1. The van der Waals surface area contributed by atoms with E-state index in [9.17, 15) is 4.79 Å². The molecule has 0 radical (unpaired) electrons. The monoisotopic (exact) mass is 340 g/mol. The Hall–Kier alpha value is -1.65. The van der Waals surface area contributed by atoms with Crippen molar-refractivity contribution in [3.63, 3.8) is 0 Å². The number of hydrogen-bond donors (Lipinski definition) is 2. The van der Waals surface area contributed by atoms with E-state index in [4.69, 9.17) is 5.73 Å². The summed E-state index contributed by atoms with van der Waals surface area (Å²) in [5, 5.41) is 5.27. The van der Waals surface area contributed by atoms with Crippen LogP contribution in [0.2, 0.25) is 0 Å². The lowest BCUT2D eigenvalue weighted by Gasteiger charge is -2.43. The standard InChI is InChI=1S/C20H24N2OS/c21-19-13-5-3-6-14(19)12-15(11-13)20(23)22-17-8-2-1-7-16(17)18-9-4-10-24-18/h1-2,4,7-10,13-15,19H,3,5-6,11-12,21H2,(H,22,23). The van der Waals surface area contributed by atoms with Crippen molar-refractivity contribution >= 4 is 22.9 Å². The number of rotatable bonds is 3. The highest BCUT2D eigenvalue weighted by Gasteiger charge is 2.40. The summed E-state index contributed by atoms with van der Waals surface area (Å²) in [6.45, 7) is 0. The Balaban J connectivity index is 1.51. The molecule has 1 aromatic heterocycles. The fourth-order valence-corrected chi connectivity index (χ4v) is 5.24. The normalized spacial score (nSPS) is 29.2. The van der Waals surface area contributed by atoms with Gasteiger partial charge in [-0.3, -0.25) is 4.79 Å². The van der Waals surface area contributed by atoms with Gasteiger partial charge in [-0.2, -0.15) is 0 Å². The summed E-state index contributed by atoms with van der Waals surface area (Å²) < 4.78 is 0. The maximum Gasteiger partial charge on any atom is 0.227 e. The summed E-state index contributed by atoms with van der Waals surface area (Å²) in [4.78, 5) is 14.1. The van der Waals surface area contributed by atoms with Crippen LogP contribution in [0.15, 0.2) is 41.8 Å². The van der Waals surface area contributed by atoms with Crippen LogP contribution in [0.5, 0.6) is 0 Å². The molecule has 2 aromatic rings. The lowest BCUT2D eigenvalue weighted by molar-refractivity contribution is -0.122. The molecule has 2 aliphatic carbocycles. The third-order valence-electron chi connectivity index (χ3n) is 5.76. The molecule has 3 N–H and O–H groups in total. The van der Waals surface area contributed by atoms with Crippen molar-refractivity contribution in [2.45, 2.75) is 38.1 Å². The first-order valence-corrected chi connectivity index (χ1v) is 9.79. The average Bonchev–Trinajstić information content (AvgIpc) is 3.09. The van der Waals surface area contributed by atoms with Gasteiger partial charge < -0.3 is 11.1 Å². The summed E-state index contributed by atoms with van der Waals surface area (Å²) in [6.07, 6.45) is 5.55. The van der Waals surface area contributed by atoms with Gasteiger partial charge in [0.1, 0.15) is 0 Å². The van der Waals surface area contributed by atoms with Crippen LogP contribution < -0.4 is 11.1 Å². The molecule has 0 aliphatic heterocycles. The topological polar surface area (TPSA) is 55.1 Å². The highest BCUT2D eigenvalue weighted by atomic mass is 32.1. The van der Waals surface area contributed by atoms with Crippen LogP contribution in [0, 0.1) is 17.8 Å². The van der Waals surface area contributed by atoms with Gasteiger partial charge in [-0.1, -0.05) is 30.7 Å². The fraction of sp³-hybridized carbons (Fsp3) is 0.450. The predicted octanol–water partition coefficient (Wildman–Crippen LogP) is 4.51. The van der Waals surface area contributed by atoms with Crippen LogP contribution in [0.1, 0.15) is 32.1 Å². The zero-order valence-corrected chi connectivity index (χ0v) is 14.6. The van der Waals surface area contributed by atoms with Gasteiger partial charge in [-0.25, -0.2) is 0 Å². The second-order valence-corrected chi connectivity index (χ2v) is 8.16. The zero-order valence-electron chi connectivity index (χ0n) is 13.8. The number of carbonyl (C=O) groups excluding carboxylic acids is 1. The molecule has 24 heavy (non-hydrogen) atoms. The molecule has 126 valence electrons. The largest absolute Gasteiger partial charge is 0.327 e. The molecule has 1 heterocycles. The molecule has 1 aromatic carbocycles. The van der Waals surface area contributed by atoms with Gasteiger partial charge >= 0.3 is 0 Å².